The molecule has 3 amide bonds. The van der Waals surface area contributed by atoms with Crippen LogP contribution in [0, 0.1) is 0 Å². The molecule has 2 aromatic carbocycles. The van der Waals surface area contributed by atoms with Crippen molar-refractivity contribution >= 4 is 46.2 Å². The first-order valence-corrected chi connectivity index (χ1v) is 11.9. The molecule has 166 valence electrons. The number of carbonyl (C=O) groups is 3. The van der Waals surface area contributed by atoms with Crippen molar-refractivity contribution in [3.8, 4) is 0 Å². The van der Waals surface area contributed by atoms with E-state index in [-0.39, 0.29) is 36.6 Å². The number of amides is 3. The lowest BCUT2D eigenvalue weighted by Gasteiger charge is -2.18. The van der Waals surface area contributed by atoms with E-state index in [0.717, 1.165) is 23.2 Å². The molecule has 2 heterocycles. The Hall–Kier alpha value is -3.33. The van der Waals surface area contributed by atoms with Crippen molar-refractivity contribution < 1.29 is 14.4 Å². The van der Waals surface area contributed by atoms with Gasteiger partial charge in [-0.1, -0.05) is 24.3 Å². The lowest BCUT2D eigenvalue weighted by Crippen LogP contribution is -2.42. The van der Waals surface area contributed by atoms with Crippen molar-refractivity contribution in [2.75, 3.05) is 17.3 Å². The van der Waals surface area contributed by atoms with E-state index in [4.69, 9.17) is 0 Å². The van der Waals surface area contributed by atoms with Gasteiger partial charge in [0.25, 0.3) is 5.91 Å². The largest absolute Gasteiger partial charge is 0.346 e. The van der Waals surface area contributed by atoms with Gasteiger partial charge in [0.2, 0.25) is 11.8 Å². The lowest BCUT2D eigenvalue weighted by molar-refractivity contribution is -0.122. The fraction of sp³-hybridized carbons (Fsp3) is 0.304. The Morgan fingerprint density at radius 2 is 1.94 bits per heavy atom. The van der Waals surface area contributed by atoms with Crippen LogP contribution < -0.4 is 16.0 Å². The molecule has 4 N–H and O–H groups in total. The maximum Gasteiger partial charge on any atom is 0.254 e. The van der Waals surface area contributed by atoms with Crippen molar-refractivity contribution in [3.05, 3.63) is 59.9 Å². The molecule has 0 saturated carbocycles. The van der Waals surface area contributed by atoms with E-state index in [2.05, 4.69) is 25.9 Å². The van der Waals surface area contributed by atoms with Gasteiger partial charge in [-0.2, -0.15) is 11.8 Å². The number of hydrogen-bond acceptors (Lipinski definition) is 5. The second-order valence-electron chi connectivity index (χ2n) is 7.64. The molecule has 0 fully saturated rings. The number of hydrogen-bond donors (Lipinski definition) is 4. The second kappa shape index (κ2) is 9.86. The summed E-state index contributed by atoms with van der Waals surface area (Å²) < 4.78 is 0. The van der Waals surface area contributed by atoms with Crippen molar-refractivity contribution in [3.63, 3.8) is 0 Å². The van der Waals surface area contributed by atoms with E-state index in [1.54, 1.807) is 36.0 Å². The van der Waals surface area contributed by atoms with Crippen LogP contribution in [0.4, 0.5) is 5.69 Å². The number of para-hydroxylation sites is 3. The van der Waals surface area contributed by atoms with Gasteiger partial charge >= 0.3 is 0 Å². The van der Waals surface area contributed by atoms with E-state index < -0.39 is 6.04 Å². The summed E-state index contributed by atoms with van der Waals surface area (Å²) in [7, 11) is 0. The van der Waals surface area contributed by atoms with Gasteiger partial charge in [-0.3, -0.25) is 14.4 Å². The molecule has 1 aromatic heterocycles. The highest BCUT2D eigenvalue weighted by Gasteiger charge is 2.28. The zero-order valence-corrected chi connectivity index (χ0v) is 18.5. The summed E-state index contributed by atoms with van der Waals surface area (Å²) in [5.74, 6) is 0.725. The molecule has 32 heavy (non-hydrogen) atoms. The fourth-order valence-corrected chi connectivity index (χ4v) is 4.18. The summed E-state index contributed by atoms with van der Waals surface area (Å²) in [6.07, 6.45) is 3.04. The third-order valence-electron chi connectivity index (χ3n) is 5.40. The van der Waals surface area contributed by atoms with Crippen LogP contribution in [0.2, 0.25) is 0 Å². The standard InChI is InChI=1S/C23H25N5O3S/c1-32-13-12-18(21-25-16-8-4-5-9-17(16)26-21)24-20(29)11-10-19-23(31)27-15-7-3-2-6-14(15)22(30)28-19/h2-9,18-19H,10-13H2,1H3,(H,24,29)(H,25,26)(H,27,31)(H,28,30). The predicted molar refractivity (Wildman–Crippen MR) is 126 cm³/mol. The normalized spacial score (nSPS) is 16.6. The molecule has 8 nitrogen and oxygen atoms in total. The molecular weight excluding hydrogens is 426 g/mol. The van der Waals surface area contributed by atoms with Crippen LogP contribution in [0.3, 0.4) is 0 Å². The van der Waals surface area contributed by atoms with Gasteiger partial charge in [-0.05, 0) is 49.1 Å². The highest BCUT2D eigenvalue weighted by molar-refractivity contribution is 7.98. The second-order valence-corrected chi connectivity index (χ2v) is 8.63. The first-order chi connectivity index (χ1) is 15.5. The number of benzene rings is 2. The van der Waals surface area contributed by atoms with E-state index in [9.17, 15) is 14.4 Å². The molecule has 0 bridgehead atoms. The molecule has 1 aliphatic rings. The number of imidazole rings is 1. The zero-order valence-electron chi connectivity index (χ0n) is 17.7. The number of nitrogens with zero attached hydrogens (tertiary/aromatic N) is 1. The first-order valence-electron chi connectivity index (χ1n) is 10.5. The molecule has 0 saturated heterocycles. The minimum atomic E-state index is -0.781. The van der Waals surface area contributed by atoms with Crippen LogP contribution in [-0.4, -0.2) is 45.7 Å². The van der Waals surface area contributed by atoms with Crippen molar-refractivity contribution in [2.45, 2.75) is 31.3 Å². The predicted octanol–water partition coefficient (Wildman–Crippen LogP) is 3.00. The van der Waals surface area contributed by atoms with Gasteiger partial charge < -0.3 is 20.9 Å². The Balaban J connectivity index is 1.40. The summed E-state index contributed by atoms with van der Waals surface area (Å²) in [5.41, 5.74) is 2.66. The van der Waals surface area contributed by atoms with E-state index in [0.29, 0.717) is 17.1 Å². The molecule has 3 aromatic rings. The highest BCUT2D eigenvalue weighted by atomic mass is 32.2. The zero-order chi connectivity index (χ0) is 22.5. The number of rotatable bonds is 8. The van der Waals surface area contributed by atoms with Gasteiger partial charge in [0.1, 0.15) is 11.9 Å². The highest BCUT2D eigenvalue weighted by Crippen LogP contribution is 2.21. The van der Waals surface area contributed by atoms with Crippen LogP contribution in [-0.2, 0) is 9.59 Å². The molecule has 0 radical (unpaired) electrons. The number of nitrogens with one attached hydrogen (secondary N) is 4. The summed E-state index contributed by atoms with van der Waals surface area (Å²) >= 11 is 1.70. The molecule has 2 unspecified atom stereocenters. The van der Waals surface area contributed by atoms with Crippen molar-refractivity contribution in [2.24, 2.45) is 0 Å². The molecule has 9 heteroatoms. The Bertz CT molecular complexity index is 1110. The van der Waals surface area contributed by atoms with Gasteiger partial charge in [-0.25, -0.2) is 4.98 Å². The lowest BCUT2D eigenvalue weighted by atomic mass is 10.1. The molecule has 2 atom stereocenters. The molecular formula is C23H25N5O3S. The molecule has 4 rings (SSSR count). The minimum Gasteiger partial charge on any atom is -0.346 e. The summed E-state index contributed by atoms with van der Waals surface area (Å²) in [6, 6.07) is 13.5. The number of anilines is 1. The quantitative estimate of drug-likeness (QED) is 0.420. The number of thioether (sulfide) groups is 1. The average molecular weight is 452 g/mol. The van der Waals surface area contributed by atoms with Gasteiger partial charge in [0.05, 0.1) is 28.3 Å². The summed E-state index contributed by atoms with van der Waals surface area (Å²) in [5, 5.41) is 8.53. The van der Waals surface area contributed by atoms with Crippen LogP contribution in [0.1, 0.15) is 41.5 Å². The monoisotopic (exact) mass is 451 g/mol. The van der Waals surface area contributed by atoms with E-state index in [1.165, 1.54) is 0 Å². The number of H-pyrrole nitrogens is 1. The first kappa shape index (κ1) is 21.9. The maximum absolute atomic E-state index is 12.7. The Labute approximate surface area is 189 Å². The average Bonchev–Trinajstić information content (AvgIpc) is 3.18. The number of fused-ring (bicyclic) bond motifs is 2. The third kappa shape index (κ3) is 4.94. The topological polar surface area (TPSA) is 116 Å². The molecule has 0 spiro atoms. The van der Waals surface area contributed by atoms with Crippen molar-refractivity contribution in [1.29, 1.82) is 0 Å². The Kier molecular flexibility index (Phi) is 6.75. The minimum absolute atomic E-state index is 0.102. The van der Waals surface area contributed by atoms with E-state index >= 15 is 0 Å². The Morgan fingerprint density at radius 1 is 1.16 bits per heavy atom. The number of aromatic amines is 1. The summed E-state index contributed by atoms with van der Waals surface area (Å²) in [4.78, 5) is 45.7. The van der Waals surface area contributed by atoms with Gasteiger partial charge in [0.15, 0.2) is 0 Å². The van der Waals surface area contributed by atoms with E-state index in [1.807, 2.05) is 30.5 Å². The maximum atomic E-state index is 12.7. The van der Waals surface area contributed by atoms with Crippen LogP contribution in [0.25, 0.3) is 11.0 Å². The Morgan fingerprint density at radius 3 is 2.75 bits per heavy atom. The van der Waals surface area contributed by atoms with Crippen molar-refractivity contribution in [1.82, 2.24) is 20.6 Å². The SMILES string of the molecule is CSCCC(NC(=O)CCC1NC(=O)c2ccccc2NC1=O)c1nc2ccccc2[nH]1. The van der Waals surface area contributed by atoms with Crippen LogP contribution in [0.5, 0.6) is 0 Å². The van der Waals surface area contributed by atoms with Gasteiger partial charge in [-0.15, -0.1) is 0 Å². The number of aromatic nitrogens is 2. The smallest absolute Gasteiger partial charge is 0.254 e. The summed E-state index contributed by atoms with van der Waals surface area (Å²) in [6.45, 7) is 0. The number of carbonyl (C=O) groups excluding carboxylic acids is 3. The van der Waals surface area contributed by atoms with Crippen LogP contribution in [0.15, 0.2) is 48.5 Å². The fourth-order valence-electron chi connectivity index (χ4n) is 3.71. The molecule has 1 aliphatic heterocycles. The molecule has 0 aliphatic carbocycles. The van der Waals surface area contributed by atoms with Gasteiger partial charge in [0, 0.05) is 6.42 Å². The third-order valence-corrected chi connectivity index (χ3v) is 6.04. The van der Waals surface area contributed by atoms with Crippen LogP contribution >= 0.6 is 11.8 Å².